The predicted molar refractivity (Wildman–Crippen MR) is 125 cm³/mol. The van der Waals surface area contributed by atoms with Gasteiger partial charge in [-0.15, -0.1) is 0 Å². The molecular formula is C24H26N2O5S. The molecule has 0 fully saturated rings. The fourth-order valence-electron chi connectivity index (χ4n) is 3.24. The normalized spacial score (nSPS) is 11.0. The molecule has 0 aliphatic carbocycles. The molecule has 0 bridgehead atoms. The van der Waals surface area contributed by atoms with Gasteiger partial charge in [0.05, 0.1) is 19.1 Å². The Morgan fingerprint density at radius 2 is 1.53 bits per heavy atom. The van der Waals surface area contributed by atoms with E-state index in [0.29, 0.717) is 28.4 Å². The quantitative estimate of drug-likeness (QED) is 0.541. The third-order valence-corrected chi connectivity index (χ3v) is 6.39. The molecule has 0 atom stereocenters. The molecule has 3 rings (SSSR count). The number of anilines is 2. The number of benzene rings is 3. The zero-order chi connectivity index (χ0) is 23.5. The van der Waals surface area contributed by atoms with E-state index in [1.165, 1.54) is 26.4 Å². The van der Waals surface area contributed by atoms with Crippen LogP contribution in [0.3, 0.4) is 0 Å². The standard InChI is InChI=1S/C24H26N2O5S/c1-15-7-6-8-18(11-15)26-32(28,29)19-10-9-16(2)20(13-19)24(27)25-21-14-23(31-5)22(30-4)12-17(21)3/h6-14,26H,1-5H3,(H,25,27). The molecular weight excluding hydrogens is 428 g/mol. The van der Waals surface area contributed by atoms with E-state index in [2.05, 4.69) is 10.0 Å². The van der Waals surface area contributed by atoms with Gasteiger partial charge in [-0.05, 0) is 67.8 Å². The van der Waals surface area contributed by atoms with Crippen molar-refractivity contribution >= 4 is 27.3 Å². The summed E-state index contributed by atoms with van der Waals surface area (Å²) in [6, 6.07) is 14.9. The molecule has 0 aromatic heterocycles. The van der Waals surface area contributed by atoms with Gasteiger partial charge in [-0.3, -0.25) is 9.52 Å². The Morgan fingerprint density at radius 1 is 0.844 bits per heavy atom. The van der Waals surface area contributed by atoms with E-state index in [0.717, 1.165) is 11.1 Å². The second-order valence-electron chi connectivity index (χ2n) is 7.43. The van der Waals surface area contributed by atoms with Crippen LogP contribution in [0.5, 0.6) is 11.5 Å². The van der Waals surface area contributed by atoms with Gasteiger partial charge in [-0.2, -0.15) is 0 Å². The summed E-state index contributed by atoms with van der Waals surface area (Å²) in [5, 5.41) is 2.84. The van der Waals surface area contributed by atoms with Crippen molar-refractivity contribution < 1.29 is 22.7 Å². The molecule has 0 saturated heterocycles. The molecule has 1 amide bonds. The molecule has 32 heavy (non-hydrogen) atoms. The monoisotopic (exact) mass is 454 g/mol. The van der Waals surface area contributed by atoms with Crippen LogP contribution in [-0.2, 0) is 10.0 Å². The van der Waals surface area contributed by atoms with Gasteiger partial charge < -0.3 is 14.8 Å². The first-order valence-electron chi connectivity index (χ1n) is 9.88. The van der Waals surface area contributed by atoms with Gasteiger partial charge in [-0.1, -0.05) is 18.2 Å². The van der Waals surface area contributed by atoms with Crippen LogP contribution in [0.2, 0.25) is 0 Å². The van der Waals surface area contributed by atoms with Crippen LogP contribution in [0.1, 0.15) is 27.0 Å². The van der Waals surface area contributed by atoms with Crippen LogP contribution < -0.4 is 19.5 Å². The van der Waals surface area contributed by atoms with Crippen LogP contribution in [-0.4, -0.2) is 28.5 Å². The van der Waals surface area contributed by atoms with Gasteiger partial charge in [0.25, 0.3) is 15.9 Å². The minimum absolute atomic E-state index is 0.00112. The van der Waals surface area contributed by atoms with Crippen molar-refractivity contribution in [3.05, 3.63) is 76.9 Å². The maximum Gasteiger partial charge on any atom is 0.261 e. The number of carbonyl (C=O) groups is 1. The summed E-state index contributed by atoms with van der Waals surface area (Å²) in [6.07, 6.45) is 0. The van der Waals surface area contributed by atoms with Gasteiger partial charge in [0.2, 0.25) is 0 Å². The third-order valence-electron chi connectivity index (χ3n) is 5.01. The van der Waals surface area contributed by atoms with Gasteiger partial charge >= 0.3 is 0 Å². The largest absolute Gasteiger partial charge is 0.493 e. The number of ether oxygens (including phenoxy) is 2. The molecule has 7 nitrogen and oxygen atoms in total. The molecule has 0 heterocycles. The SMILES string of the molecule is COc1cc(C)c(NC(=O)c2cc(S(=O)(=O)Nc3cccc(C)c3)ccc2C)cc1OC. The van der Waals surface area contributed by atoms with Crippen molar-refractivity contribution in [1.82, 2.24) is 0 Å². The van der Waals surface area contributed by atoms with Crippen molar-refractivity contribution in [2.45, 2.75) is 25.7 Å². The summed E-state index contributed by atoms with van der Waals surface area (Å²) in [4.78, 5) is 13.0. The van der Waals surface area contributed by atoms with Crippen molar-refractivity contribution in [1.29, 1.82) is 0 Å². The molecule has 0 saturated carbocycles. The van der Waals surface area contributed by atoms with Crippen LogP contribution in [0.25, 0.3) is 0 Å². The molecule has 0 spiro atoms. The van der Waals surface area contributed by atoms with E-state index in [1.54, 1.807) is 43.3 Å². The molecule has 168 valence electrons. The molecule has 0 aliphatic heterocycles. The van der Waals surface area contributed by atoms with Crippen LogP contribution >= 0.6 is 0 Å². The summed E-state index contributed by atoms with van der Waals surface area (Å²) in [5.41, 5.74) is 3.61. The maximum atomic E-state index is 13.0. The minimum Gasteiger partial charge on any atom is -0.493 e. The fraction of sp³-hybridized carbons (Fsp3) is 0.208. The number of amides is 1. The Kier molecular flexibility index (Phi) is 6.74. The molecule has 0 radical (unpaired) electrons. The highest BCUT2D eigenvalue weighted by Gasteiger charge is 2.19. The van der Waals surface area contributed by atoms with Gasteiger partial charge in [0, 0.05) is 23.0 Å². The topological polar surface area (TPSA) is 93.7 Å². The molecule has 2 N–H and O–H groups in total. The predicted octanol–water partition coefficient (Wildman–Crippen LogP) is 4.68. The lowest BCUT2D eigenvalue weighted by atomic mass is 10.1. The highest BCUT2D eigenvalue weighted by atomic mass is 32.2. The number of methoxy groups -OCH3 is 2. The fourth-order valence-corrected chi connectivity index (χ4v) is 4.32. The van der Waals surface area contributed by atoms with E-state index in [1.807, 2.05) is 19.9 Å². The van der Waals surface area contributed by atoms with Gasteiger partial charge in [0.1, 0.15) is 0 Å². The average Bonchev–Trinajstić information content (AvgIpc) is 2.74. The molecule has 3 aromatic rings. The lowest BCUT2D eigenvalue weighted by molar-refractivity contribution is 0.102. The Labute approximate surface area is 188 Å². The summed E-state index contributed by atoms with van der Waals surface area (Å²) >= 11 is 0. The summed E-state index contributed by atoms with van der Waals surface area (Å²) in [5.74, 6) is 0.601. The number of aryl methyl sites for hydroxylation is 3. The highest BCUT2D eigenvalue weighted by Crippen LogP contribution is 2.33. The minimum atomic E-state index is -3.87. The molecule has 3 aromatic carbocycles. The Hall–Kier alpha value is -3.52. The number of rotatable bonds is 7. The van der Waals surface area contributed by atoms with E-state index >= 15 is 0 Å². The van der Waals surface area contributed by atoms with Crippen molar-refractivity contribution in [3.8, 4) is 11.5 Å². The van der Waals surface area contributed by atoms with Crippen molar-refractivity contribution in [2.75, 3.05) is 24.3 Å². The lowest BCUT2D eigenvalue weighted by Crippen LogP contribution is -2.17. The Bertz CT molecular complexity index is 1270. The Morgan fingerprint density at radius 3 is 2.19 bits per heavy atom. The number of hydrogen-bond acceptors (Lipinski definition) is 5. The van der Waals surface area contributed by atoms with Crippen LogP contribution in [0.15, 0.2) is 59.5 Å². The van der Waals surface area contributed by atoms with E-state index < -0.39 is 15.9 Å². The Balaban J connectivity index is 1.91. The first-order valence-corrected chi connectivity index (χ1v) is 11.4. The molecule has 0 unspecified atom stereocenters. The zero-order valence-electron chi connectivity index (χ0n) is 18.6. The summed E-state index contributed by atoms with van der Waals surface area (Å²) < 4.78 is 38.9. The first kappa shape index (κ1) is 23.1. The average molecular weight is 455 g/mol. The van der Waals surface area contributed by atoms with Crippen molar-refractivity contribution in [3.63, 3.8) is 0 Å². The number of carbonyl (C=O) groups excluding carboxylic acids is 1. The number of sulfonamides is 1. The van der Waals surface area contributed by atoms with E-state index in [9.17, 15) is 13.2 Å². The number of hydrogen-bond donors (Lipinski definition) is 2. The smallest absolute Gasteiger partial charge is 0.261 e. The second-order valence-corrected chi connectivity index (χ2v) is 9.11. The maximum absolute atomic E-state index is 13.0. The number of nitrogens with one attached hydrogen (secondary N) is 2. The van der Waals surface area contributed by atoms with E-state index in [-0.39, 0.29) is 10.5 Å². The highest BCUT2D eigenvalue weighted by molar-refractivity contribution is 7.92. The van der Waals surface area contributed by atoms with Crippen LogP contribution in [0, 0.1) is 20.8 Å². The summed E-state index contributed by atoms with van der Waals surface area (Å²) in [6.45, 7) is 5.46. The van der Waals surface area contributed by atoms with Gasteiger partial charge in [0.15, 0.2) is 11.5 Å². The van der Waals surface area contributed by atoms with Crippen LogP contribution in [0.4, 0.5) is 11.4 Å². The van der Waals surface area contributed by atoms with Gasteiger partial charge in [-0.25, -0.2) is 8.42 Å². The second kappa shape index (κ2) is 9.32. The molecule has 8 heteroatoms. The molecule has 0 aliphatic rings. The lowest BCUT2D eigenvalue weighted by Gasteiger charge is -2.15. The summed E-state index contributed by atoms with van der Waals surface area (Å²) in [7, 11) is -0.820. The first-order chi connectivity index (χ1) is 15.1. The third kappa shape index (κ3) is 5.03. The zero-order valence-corrected chi connectivity index (χ0v) is 19.5. The van der Waals surface area contributed by atoms with E-state index in [4.69, 9.17) is 9.47 Å². The van der Waals surface area contributed by atoms with Crippen molar-refractivity contribution in [2.24, 2.45) is 0 Å².